The Morgan fingerprint density at radius 1 is 0.490 bits per heavy atom. The first-order chi connectivity index (χ1) is 46.4. The molecule has 36 heteroatoms. The van der Waals surface area contributed by atoms with Crippen LogP contribution in [-0.2, 0) is 74.7 Å². The molecule has 3 N–H and O–H groups in total. The van der Waals surface area contributed by atoms with Gasteiger partial charge in [0, 0.05) is 49.0 Å². The van der Waals surface area contributed by atoms with Gasteiger partial charge in [0.15, 0.2) is 0 Å². The monoisotopic (exact) mass is 1440 g/mol. The van der Waals surface area contributed by atoms with Gasteiger partial charge in [0.1, 0.15) is 53.7 Å². The molecular weight excluding hydrogens is 1380 g/mol. The topological polar surface area (TPSA) is 287 Å². The molecule has 0 spiro atoms. The third-order valence-corrected chi connectivity index (χ3v) is 22.2. The molecule has 4 fully saturated rings. The molecule has 526 valence electrons. The van der Waals surface area contributed by atoms with E-state index in [1.54, 1.807) is 12.4 Å². The summed E-state index contributed by atoms with van der Waals surface area (Å²) in [6, 6.07) is 23.4. The third-order valence-electron chi connectivity index (χ3n) is 16.9. The van der Waals surface area contributed by atoms with Crippen LogP contribution in [0.25, 0.3) is 0 Å². The average Bonchev–Trinajstić information content (AvgIpc) is 1.35. The molecule has 9 atom stereocenters. The molecule has 7 aromatic rings. The third kappa shape index (κ3) is 16.4. The number of rotatable bonds is 14. The molecule has 4 saturated heterocycles. The van der Waals surface area contributed by atoms with Crippen molar-refractivity contribution in [2.75, 3.05) is 63.5 Å². The predicted octanol–water partition coefficient (Wildman–Crippen LogP) is 7.15. The minimum atomic E-state index is -4.90. The maximum Gasteiger partial charge on any atom is 0.573 e. The van der Waals surface area contributed by atoms with Crippen molar-refractivity contribution in [3.63, 3.8) is 0 Å². The van der Waals surface area contributed by atoms with Crippen molar-refractivity contribution in [1.29, 1.82) is 0 Å². The lowest BCUT2D eigenvalue weighted by atomic mass is 9.98. The fourth-order valence-electron chi connectivity index (χ4n) is 12.0. The van der Waals surface area contributed by atoms with Crippen LogP contribution in [-0.4, -0.2) is 191 Å². The van der Waals surface area contributed by atoms with E-state index in [-0.39, 0.29) is 59.9 Å². The highest BCUT2D eigenvalue weighted by Crippen LogP contribution is 2.42. The highest BCUT2D eigenvalue weighted by molar-refractivity contribution is 7.89. The van der Waals surface area contributed by atoms with Gasteiger partial charge in [-0.2, -0.15) is 8.61 Å². The SMILES string of the molecule is CN([C@H]1COCC(N2c3ccccc3CCc3cncnc32)[C@@H]1O)S(=O)(=O)c1ccc(OC(F)(F)F)cc1.CN([C@H]1COCC2O[C@@H]21)S(=O)(=O)c1ccc(OC(F)(F)F)cc1.O=S(=O)(N[C@H]1COCC(N2c3ccccc3CCc3cncnc32)[C@@H]1O)c1ccc(OC(F)(F)F)cc1. The Bertz CT molecular complexity index is 4200. The molecule has 0 saturated carbocycles. The number of epoxide rings is 1. The Hall–Kier alpha value is -7.88. The van der Waals surface area contributed by atoms with Gasteiger partial charge in [-0.15, -0.1) is 39.5 Å². The fourth-order valence-corrected chi connectivity index (χ4v) is 16.0. The van der Waals surface area contributed by atoms with E-state index in [1.165, 1.54) is 26.7 Å². The molecule has 8 heterocycles. The Labute approximate surface area is 555 Å². The van der Waals surface area contributed by atoms with Crippen LogP contribution >= 0.6 is 0 Å². The number of aliphatic hydroxyl groups is 2. The lowest BCUT2D eigenvalue weighted by Gasteiger charge is -2.44. The normalized spacial score (nSPS) is 23.3. The summed E-state index contributed by atoms with van der Waals surface area (Å²) in [6.45, 7) is 0.714. The van der Waals surface area contributed by atoms with Crippen LogP contribution in [0.1, 0.15) is 22.3 Å². The number of likely N-dealkylation sites (N-methyl/N-ethyl adjacent to an activating group) is 2. The van der Waals surface area contributed by atoms with Gasteiger partial charge in [-0.3, -0.25) is 0 Å². The molecule has 2 aromatic heterocycles. The van der Waals surface area contributed by atoms with E-state index >= 15 is 0 Å². The minimum absolute atomic E-state index is 0.0746. The summed E-state index contributed by atoms with van der Waals surface area (Å²) in [5.74, 6) is -0.347. The summed E-state index contributed by atoms with van der Waals surface area (Å²) < 4.78 is 227. The summed E-state index contributed by atoms with van der Waals surface area (Å²) in [7, 11) is -9.57. The molecule has 13 rings (SSSR count). The van der Waals surface area contributed by atoms with Gasteiger partial charge in [-0.25, -0.2) is 49.9 Å². The van der Waals surface area contributed by atoms with E-state index in [0.717, 1.165) is 128 Å². The van der Waals surface area contributed by atoms with Crippen LogP contribution in [0.2, 0.25) is 0 Å². The number of hydrogen-bond acceptors (Lipinski definition) is 21. The number of benzene rings is 5. The zero-order valence-electron chi connectivity index (χ0n) is 51.5. The van der Waals surface area contributed by atoms with Crippen LogP contribution in [0, 0.1) is 0 Å². The lowest BCUT2D eigenvalue weighted by molar-refractivity contribution is -0.275. The molecule has 6 aliphatic rings. The van der Waals surface area contributed by atoms with Crippen LogP contribution in [0.4, 0.5) is 62.5 Å². The predicted molar refractivity (Wildman–Crippen MR) is 328 cm³/mol. The number of para-hydroxylation sites is 2. The maximum atomic E-state index is 13.4. The number of nitrogens with zero attached hydrogens (tertiary/aromatic N) is 8. The van der Waals surface area contributed by atoms with Crippen molar-refractivity contribution in [2.45, 2.75) is 114 Å². The van der Waals surface area contributed by atoms with Crippen LogP contribution in [0.5, 0.6) is 17.2 Å². The van der Waals surface area contributed by atoms with E-state index in [0.29, 0.717) is 31.1 Å². The van der Waals surface area contributed by atoms with E-state index in [4.69, 9.17) is 18.9 Å². The number of fused-ring (bicyclic) bond motifs is 5. The van der Waals surface area contributed by atoms with Gasteiger partial charge < -0.3 is 53.2 Å². The summed E-state index contributed by atoms with van der Waals surface area (Å²) in [6.07, 6.45) is -8.13. The second-order valence-electron chi connectivity index (χ2n) is 23.1. The Kier molecular flexibility index (Phi) is 21.0. The van der Waals surface area contributed by atoms with E-state index in [9.17, 15) is 75.0 Å². The van der Waals surface area contributed by atoms with Crippen molar-refractivity contribution in [3.8, 4) is 17.2 Å². The molecule has 0 radical (unpaired) electrons. The fraction of sp³-hybridized carbons (Fsp3) is 0.387. The number of sulfonamides is 3. The van der Waals surface area contributed by atoms with Gasteiger partial charge in [-0.1, -0.05) is 36.4 Å². The van der Waals surface area contributed by atoms with Crippen molar-refractivity contribution in [2.24, 2.45) is 0 Å². The van der Waals surface area contributed by atoms with Crippen LogP contribution < -0.4 is 28.7 Å². The second-order valence-corrected chi connectivity index (χ2v) is 28.8. The number of hydrogen-bond donors (Lipinski definition) is 3. The highest BCUT2D eigenvalue weighted by Gasteiger charge is 2.52. The van der Waals surface area contributed by atoms with Crippen molar-refractivity contribution < 1.29 is 108 Å². The molecule has 5 aromatic carbocycles. The zero-order chi connectivity index (χ0) is 70.1. The number of anilines is 4. The molecule has 3 unspecified atom stereocenters. The van der Waals surface area contributed by atoms with Gasteiger partial charge >= 0.3 is 19.1 Å². The van der Waals surface area contributed by atoms with Crippen LogP contribution in [0.3, 0.4) is 0 Å². The van der Waals surface area contributed by atoms with Crippen molar-refractivity contribution in [1.82, 2.24) is 33.3 Å². The van der Waals surface area contributed by atoms with Crippen LogP contribution in [0.15, 0.2) is 161 Å². The van der Waals surface area contributed by atoms with E-state index in [2.05, 4.69) is 38.9 Å². The van der Waals surface area contributed by atoms with Gasteiger partial charge in [-0.05, 0) is 122 Å². The Balaban J connectivity index is 0.000000153. The second kappa shape index (κ2) is 28.8. The Morgan fingerprint density at radius 2 is 0.878 bits per heavy atom. The quantitative estimate of drug-likeness (QED) is 0.0719. The number of halogens is 9. The van der Waals surface area contributed by atoms with Gasteiger partial charge in [0.2, 0.25) is 30.1 Å². The van der Waals surface area contributed by atoms with Crippen molar-refractivity contribution >= 4 is 53.1 Å². The molecule has 98 heavy (non-hydrogen) atoms. The number of nitrogens with one attached hydrogen (secondary N) is 1. The highest BCUT2D eigenvalue weighted by atomic mass is 32.2. The average molecular weight is 1440 g/mol. The molecule has 6 aliphatic heterocycles. The molecule has 0 bridgehead atoms. The van der Waals surface area contributed by atoms with E-state index in [1.807, 2.05) is 58.3 Å². The molecule has 0 amide bonds. The minimum Gasteiger partial charge on any atom is -0.406 e. The first kappa shape index (κ1) is 71.4. The number of alkyl halides is 9. The molecular formula is C62H62F9N9O15S3. The lowest BCUT2D eigenvalue weighted by Crippen LogP contribution is -2.60. The maximum absolute atomic E-state index is 13.4. The van der Waals surface area contributed by atoms with Gasteiger partial charge in [0.25, 0.3) is 0 Å². The molecule has 24 nitrogen and oxygen atoms in total. The first-order valence-electron chi connectivity index (χ1n) is 30.0. The van der Waals surface area contributed by atoms with E-state index < -0.39 is 109 Å². The Morgan fingerprint density at radius 3 is 1.34 bits per heavy atom. The standard InChI is InChI=1S/C25H25F3N4O5S.C24H23F3N4O5S.C13H14F3NO5S/c1-31(38(34,35)19-10-8-18(9-11-19)37-25(26,27)28)21-13-36-14-22(23(21)33)32-20-5-3-2-4-16(20)6-7-17-12-29-15-30-24(17)32;25-24(26,27)36-17-7-9-18(10-8-17)37(33,34)30-19-12-35-13-21(22(19)32)31-20-4-2-1-3-15(20)5-6-16-11-28-14-29-23(16)31;1-17(10-6-20-7-11-12(10)21-11)23(18,19)9-4-2-8(3-5-9)22-13(14,15)16/h2-5,8-12,15,21-23,33H,6-7,13-14H2,1H3;1-4,7-11,14,19,21-22,30,32H,5-6,12-13H2;2-5,10-12H,6-7H2,1H3/t21-,22?,23+;19-,21?,22+;10-,11?,12+/m000/s1. The summed E-state index contributed by atoms with van der Waals surface area (Å²) >= 11 is 0. The molecule has 0 aliphatic carbocycles. The number of aryl methyl sites for hydroxylation is 4. The van der Waals surface area contributed by atoms with Gasteiger partial charge in [0.05, 0.1) is 96.7 Å². The smallest absolute Gasteiger partial charge is 0.406 e. The zero-order valence-corrected chi connectivity index (χ0v) is 54.0. The summed E-state index contributed by atoms with van der Waals surface area (Å²) in [5.41, 5.74) is 5.52. The number of aromatic nitrogens is 4. The van der Waals surface area contributed by atoms with Crippen molar-refractivity contribution in [3.05, 3.63) is 169 Å². The first-order valence-corrected chi connectivity index (χ1v) is 34.4. The summed E-state index contributed by atoms with van der Waals surface area (Å²) in [4.78, 5) is 20.3. The number of aliphatic hydroxyl groups excluding tert-OH is 2. The summed E-state index contributed by atoms with van der Waals surface area (Å²) in [5, 5.41) is 22.9. The number of ether oxygens (including phenoxy) is 7. The largest absolute Gasteiger partial charge is 0.573 e.